The van der Waals surface area contributed by atoms with Gasteiger partial charge in [-0.25, -0.2) is 0 Å². The number of rotatable bonds is 3. The molecular weight excluding hydrogens is 250 g/mol. The number of benzene rings is 1. The first-order valence-corrected chi connectivity index (χ1v) is 6.60. The second-order valence-electron chi connectivity index (χ2n) is 4.50. The van der Waals surface area contributed by atoms with Gasteiger partial charge in [0.2, 0.25) is 0 Å². The number of amides is 1. The molecule has 1 aromatic carbocycles. The van der Waals surface area contributed by atoms with Crippen molar-refractivity contribution in [1.82, 2.24) is 9.97 Å². The highest BCUT2D eigenvalue weighted by Gasteiger charge is 2.18. The summed E-state index contributed by atoms with van der Waals surface area (Å²) in [7, 11) is 0. The summed E-state index contributed by atoms with van der Waals surface area (Å²) in [4.78, 5) is 21.7. The Morgan fingerprint density at radius 3 is 2.70 bits per heavy atom. The van der Waals surface area contributed by atoms with Crippen LogP contribution in [0.15, 0.2) is 54.7 Å². The van der Waals surface area contributed by atoms with Gasteiger partial charge in [-0.2, -0.15) is 0 Å². The van der Waals surface area contributed by atoms with Crippen molar-refractivity contribution >= 4 is 22.6 Å². The van der Waals surface area contributed by atoms with E-state index in [0.29, 0.717) is 12.2 Å². The van der Waals surface area contributed by atoms with Gasteiger partial charge in [0.15, 0.2) is 0 Å². The first-order valence-electron chi connectivity index (χ1n) is 6.60. The number of carbonyl (C=O) groups is 1. The maximum Gasteiger partial charge on any atom is 0.274 e. The lowest BCUT2D eigenvalue weighted by atomic mass is 10.2. The Morgan fingerprint density at radius 2 is 2.00 bits per heavy atom. The van der Waals surface area contributed by atoms with E-state index in [-0.39, 0.29) is 5.91 Å². The Balaban J connectivity index is 1.98. The summed E-state index contributed by atoms with van der Waals surface area (Å²) in [6.07, 6.45) is 1.72. The number of anilines is 1. The molecule has 1 N–H and O–H groups in total. The zero-order valence-corrected chi connectivity index (χ0v) is 11.2. The van der Waals surface area contributed by atoms with Crippen molar-refractivity contribution in [3.63, 3.8) is 0 Å². The van der Waals surface area contributed by atoms with Crippen molar-refractivity contribution in [2.24, 2.45) is 0 Å². The van der Waals surface area contributed by atoms with Crippen LogP contribution in [-0.4, -0.2) is 22.4 Å². The van der Waals surface area contributed by atoms with Crippen molar-refractivity contribution in [3.8, 4) is 0 Å². The number of carbonyl (C=O) groups excluding carboxylic acids is 1. The van der Waals surface area contributed by atoms with Gasteiger partial charge in [-0.05, 0) is 37.3 Å². The van der Waals surface area contributed by atoms with Gasteiger partial charge in [0, 0.05) is 18.4 Å². The summed E-state index contributed by atoms with van der Waals surface area (Å²) in [5, 5.41) is 0. The fourth-order valence-corrected chi connectivity index (χ4v) is 2.27. The minimum Gasteiger partial charge on any atom is -0.349 e. The molecule has 20 heavy (non-hydrogen) atoms. The second-order valence-corrected chi connectivity index (χ2v) is 4.50. The summed E-state index contributed by atoms with van der Waals surface area (Å²) in [6, 6.07) is 15.2. The van der Waals surface area contributed by atoms with Crippen LogP contribution in [0, 0.1) is 0 Å². The van der Waals surface area contributed by atoms with Gasteiger partial charge >= 0.3 is 0 Å². The van der Waals surface area contributed by atoms with E-state index in [2.05, 4.69) is 9.97 Å². The predicted molar refractivity (Wildman–Crippen MR) is 79.9 cm³/mol. The third kappa shape index (κ3) is 2.16. The lowest BCUT2D eigenvalue weighted by Crippen LogP contribution is -2.30. The number of pyridine rings is 1. The number of nitrogens with zero attached hydrogens (tertiary/aromatic N) is 2. The lowest BCUT2D eigenvalue weighted by Gasteiger charge is -2.20. The topological polar surface area (TPSA) is 49.0 Å². The minimum atomic E-state index is -0.0447. The van der Waals surface area contributed by atoms with Crippen LogP contribution in [0.1, 0.15) is 17.4 Å². The molecule has 4 heteroatoms. The van der Waals surface area contributed by atoms with Crippen LogP contribution in [-0.2, 0) is 0 Å². The number of nitrogens with one attached hydrogen (secondary N) is 1. The zero-order valence-electron chi connectivity index (χ0n) is 11.2. The molecule has 100 valence electrons. The van der Waals surface area contributed by atoms with Gasteiger partial charge in [-0.3, -0.25) is 9.78 Å². The van der Waals surface area contributed by atoms with Crippen LogP contribution < -0.4 is 4.90 Å². The average Bonchev–Trinajstić information content (AvgIpc) is 2.93. The number of H-pyrrole nitrogens is 1. The molecule has 0 aliphatic rings. The van der Waals surface area contributed by atoms with Crippen molar-refractivity contribution in [1.29, 1.82) is 0 Å². The number of aromatic amines is 1. The second kappa shape index (κ2) is 5.17. The van der Waals surface area contributed by atoms with E-state index in [4.69, 9.17) is 0 Å². The molecule has 2 heterocycles. The monoisotopic (exact) mass is 265 g/mol. The van der Waals surface area contributed by atoms with Crippen molar-refractivity contribution in [2.75, 3.05) is 11.4 Å². The zero-order chi connectivity index (χ0) is 13.9. The van der Waals surface area contributed by atoms with Gasteiger partial charge in [-0.1, -0.05) is 18.2 Å². The summed E-state index contributed by atoms with van der Waals surface area (Å²) < 4.78 is 0. The molecule has 0 fully saturated rings. The maximum absolute atomic E-state index is 12.6. The van der Waals surface area contributed by atoms with Crippen LogP contribution in [0.4, 0.5) is 5.69 Å². The molecule has 0 atom stereocenters. The number of para-hydroxylation sites is 1. The molecule has 0 spiro atoms. The molecule has 1 amide bonds. The number of hydrogen-bond donors (Lipinski definition) is 1. The molecular formula is C16H15N3O. The van der Waals surface area contributed by atoms with Crippen LogP contribution in [0.3, 0.4) is 0 Å². The Morgan fingerprint density at radius 1 is 1.20 bits per heavy atom. The predicted octanol–water partition coefficient (Wildman–Crippen LogP) is 3.23. The van der Waals surface area contributed by atoms with Gasteiger partial charge in [0.05, 0.1) is 11.0 Å². The summed E-state index contributed by atoms with van der Waals surface area (Å²) in [6.45, 7) is 2.58. The highest BCUT2D eigenvalue weighted by Crippen LogP contribution is 2.18. The number of hydrogen-bond acceptors (Lipinski definition) is 2. The molecule has 0 saturated carbocycles. The standard InChI is InChI=1S/C16H15N3O/c1-2-19(12-7-4-3-5-8-12)16(20)15-11-14-13(18-15)9-6-10-17-14/h3-11,18H,2H2,1H3. The molecule has 0 saturated heterocycles. The third-order valence-electron chi connectivity index (χ3n) is 3.25. The summed E-state index contributed by atoms with van der Waals surface area (Å²) in [5.74, 6) is -0.0447. The molecule has 3 rings (SSSR count). The lowest BCUT2D eigenvalue weighted by molar-refractivity contribution is 0.0984. The Labute approximate surface area is 117 Å². The highest BCUT2D eigenvalue weighted by molar-refractivity contribution is 6.07. The minimum absolute atomic E-state index is 0.0447. The molecule has 0 bridgehead atoms. The highest BCUT2D eigenvalue weighted by atomic mass is 16.2. The molecule has 0 radical (unpaired) electrons. The SMILES string of the molecule is CCN(C(=O)c1cc2ncccc2[nH]1)c1ccccc1. The quantitative estimate of drug-likeness (QED) is 0.790. The Kier molecular flexibility index (Phi) is 3.21. The smallest absolute Gasteiger partial charge is 0.274 e. The summed E-state index contributed by atoms with van der Waals surface area (Å²) in [5.41, 5.74) is 3.14. The van der Waals surface area contributed by atoms with E-state index in [0.717, 1.165) is 16.7 Å². The molecule has 0 aliphatic heterocycles. The first-order chi connectivity index (χ1) is 9.79. The normalized spacial score (nSPS) is 10.7. The van der Waals surface area contributed by atoms with Gasteiger partial charge in [-0.15, -0.1) is 0 Å². The average molecular weight is 265 g/mol. The summed E-state index contributed by atoms with van der Waals surface area (Å²) >= 11 is 0. The van der Waals surface area contributed by atoms with Gasteiger partial charge < -0.3 is 9.88 Å². The van der Waals surface area contributed by atoms with Crippen LogP contribution in [0.2, 0.25) is 0 Å². The molecule has 0 aliphatic carbocycles. The van der Waals surface area contributed by atoms with E-state index >= 15 is 0 Å². The molecule has 4 nitrogen and oxygen atoms in total. The van der Waals surface area contributed by atoms with E-state index in [1.54, 1.807) is 17.2 Å². The van der Waals surface area contributed by atoms with Gasteiger partial charge in [0.25, 0.3) is 5.91 Å². The number of aromatic nitrogens is 2. The van der Waals surface area contributed by atoms with E-state index in [1.807, 2.05) is 49.4 Å². The van der Waals surface area contributed by atoms with E-state index < -0.39 is 0 Å². The molecule has 3 aromatic rings. The van der Waals surface area contributed by atoms with Crippen molar-refractivity contribution in [2.45, 2.75) is 6.92 Å². The third-order valence-corrected chi connectivity index (χ3v) is 3.25. The van der Waals surface area contributed by atoms with Crippen LogP contribution >= 0.6 is 0 Å². The number of fused-ring (bicyclic) bond motifs is 1. The first kappa shape index (κ1) is 12.4. The van der Waals surface area contributed by atoms with Gasteiger partial charge in [0.1, 0.15) is 5.69 Å². The Hall–Kier alpha value is -2.62. The fraction of sp³-hybridized carbons (Fsp3) is 0.125. The van der Waals surface area contributed by atoms with Crippen LogP contribution in [0.25, 0.3) is 11.0 Å². The molecule has 0 unspecified atom stereocenters. The van der Waals surface area contributed by atoms with E-state index in [9.17, 15) is 4.79 Å². The fourth-order valence-electron chi connectivity index (χ4n) is 2.27. The van der Waals surface area contributed by atoms with Crippen LogP contribution in [0.5, 0.6) is 0 Å². The maximum atomic E-state index is 12.6. The molecule has 2 aromatic heterocycles. The largest absolute Gasteiger partial charge is 0.349 e. The van der Waals surface area contributed by atoms with Crippen molar-refractivity contribution in [3.05, 3.63) is 60.4 Å². The van der Waals surface area contributed by atoms with Crippen molar-refractivity contribution < 1.29 is 4.79 Å². The Bertz CT molecular complexity index is 701. The van der Waals surface area contributed by atoms with E-state index in [1.165, 1.54) is 0 Å².